The summed E-state index contributed by atoms with van der Waals surface area (Å²) in [5.41, 5.74) is -0.666. The van der Waals surface area contributed by atoms with Crippen LogP contribution in [0.4, 0.5) is 4.79 Å². The van der Waals surface area contributed by atoms with Crippen LogP contribution in [0.15, 0.2) is 0 Å². The maximum atomic E-state index is 11.4. The van der Waals surface area contributed by atoms with Gasteiger partial charge in [0.15, 0.2) is 6.04 Å². The van der Waals surface area contributed by atoms with Gasteiger partial charge in [-0.1, -0.05) is 0 Å². The second-order valence-electron chi connectivity index (χ2n) is 4.68. The van der Waals surface area contributed by atoms with Gasteiger partial charge in [0, 0.05) is 0 Å². The molecule has 8 nitrogen and oxygen atoms in total. The van der Waals surface area contributed by atoms with E-state index in [1.165, 1.54) is 0 Å². The van der Waals surface area contributed by atoms with Crippen LogP contribution >= 0.6 is 0 Å². The number of nitrogens with one attached hydrogen (secondary N) is 2. The molecule has 0 aliphatic heterocycles. The van der Waals surface area contributed by atoms with Crippen molar-refractivity contribution in [1.82, 2.24) is 10.6 Å². The first-order chi connectivity index (χ1) is 8.69. The molecule has 0 spiro atoms. The molecule has 2 amide bonds. The number of aliphatic hydroxyl groups excluding tert-OH is 1. The van der Waals surface area contributed by atoms with Gasteiger partial charge >= 0.3 is 12.1 Å². The van der Waals surface area contributed by atoms with E-state index in [1.807, 2.05) is 0 Å². The molecule has 0 aromatic carbocycles. The van der Waals surface area contributed by atoms with Crippen molar-refractivity contribution in [1.29, 1.82) is 0 Å². The molecule has 0 aromatic heterocycles. The Hall–Kier alpha value is -1.83. The summed E-state index contributed by atoms with van der Waals surface area (Å²) in [6.07, 6.45) is -0.749. The van der Waals surface area contributed by atoms with E-state index in [0.29, 0.717) is 0 Å². The third-order valence-electron chi connectivity index (χ3n) is 1.80. The lowest BCUT2D eigenvalue weighted by Gasteiger charge is -2.20. The summed E-state index contributed by atoms with van der Waals surface area (Å²) >= 11 is 0. The quantitative estimate of drug-likeness (QED) is 0.564. The molecule has 8 heteroatoms. The minimum atomic E-state index is -1.15. The van der Waals surface area contributed by atoms with E-state index in [-0.39, 0.29) is 6.54 Å². The van der Waals surface area contributed by atoms with E-state index in [1.54, 1.807) is 20.8 Å². The van der Waals surface area contributed by atoms with Crippen LogP contribution in [0.2, 0.25) is 0 Å². The van der Waals surface area contributed by atoms with Gasteiger partial charge < -0.3 is 25.2 Å². The summed E-state index contributed by atoms with van der Waals surface area (Å²) in [5.74, 6) is -1.41. The number of carbonyl (C=O) groups excluding carboxylic acids is 3. The molecule has 0 rings (SSSR count). The number of ether oxygens (including phenoxy) is 2. The van der Waals surface area contributed by atoms with Crippen molar-refractivity contribution < 1.29 is 29.0 Å². The highest BCUT2D eigenvalue weighted by atomic mass is 16.6. The zero-order chi connectivity index (χ0) is 15.1. The summed E-state index contributed by atoms with van der Waals surface area (Å²) in [5, 5.41) is 13.3. The molecule has 0 saturated heterocycles. The Bertz CT molecular complexity index is 337. The average molecular weight is 276 g/mol. The molecule has 0 fully saturated rings. The van der Waals surface area contributed by atoms with Crippen molar-refractivity contribution in [2.45, 2.75) is 32.4 Å². The van der Waals surface area contributed by atoms with Gasteiger partial charge in [0.1, 0.15) is 12.1 Å². The molecule has 0 aliphatic rings. The highest BCUT2D eigenvalue weighted by Gasteiger charge is 2.21. The van der Waals surface area contributed by atoms with Crippen LogP contribution in [0.1, 0.15) is 20.8 Å². The fourth-order valence-electron chi connectivity index (χ4n) is 1.03. The fraction of sp³-hybridized carbons (Fsp3) is 0.727. The lowest BCUT2D eigenvalue weighted by molar-refractivity contribution is -0.146. The molecule has 110 valence electrons. The van der Waals surface area contributed by atoms with Gasteiger partial charge in [-0.2, -0.15) is 0 Å². The second-order valence-corrected chi connectivity index (χ2v) is 4.68. The van der Waals surface area contributed by atoms with Crippen LogP contribution < -0.4 is 10.6 Å². The summed E-state index contributed by atoms with van der Waals surface area (Å²) in [4.78, 5) is 33.8. The number of hydrogen-bond acceptors (Lipinski definition) is 6. The summed E-state index contributed by atoms with van der Waals surface area (Å²) < 4.78 is 9.29. The number of rotatable bonds is 5. The fourth-order valence-corrected chi connectivity index (χ4v) is 1.03. The molecule has 0 aliphatic carbocycles. The molecular formula is C11H20N2O6. The van der Waals surface area contributed by atoms with Gasteiger partial charge in [-0.15, -0.1) is 0 Å². The van der Waals surface area contributed by atoms with Gasteiger partial charge in [-0.05, 0) is 20.8 Å². The first-order valence-corrected chi connectivity index (χ1v) is 5.64. The molecule has 19 heavy (non-hydrogen) atoms. The molecule has 3 N–H and O–H groups in total. The molecule has 0 heterocycles. The van der Waals surface area contributed by atoms with Crippen LogP contribution in [0.5, 0.6) is 0 Å². The Labute approximate surface area is 111 Å². The van der Waals surface area contributed by atoms with Gasteiger partial charge in [0.05, 0.1) is 13.7 Å². The predicted octanol–water partition coefficient (Wildman–Crippen LogP) is -0.839. The van der Waals surface area contributed by atoms with Gasteiger partial charge in [-0.3, -0.25) is 4.79 Å². The number of aliphatic hydroxyl groups is 1. The SMILES string of the molecule is COC(=O)[C@H](CO)NC(=O)CNC(=O)OC(C)(C)C. The number of esters is 1. The summed E-state index contributed by atoms with van der Waals surface area (Å²) in [6.45, 7) is 4.09. The normalized spacial score (nSPS) is 12.3. The second kappa shape index (κ2) is 7.57. The van der Waals surface area contributed by atoms with E-state index in [9.17, 15) is 14.4 Å². The first kappa shape index (κ1) is 17.2. The monoisotopic (exact) mass is 276 g/mol. The van der Waals surface area contributed by atoms with Crippen molar-refractivity contribution in [2.75, 3.05) is 20.3 Å². The largest absolute Gasteiger partial charge is 0.467 e. The molecule has 1 atom stereocenters. The number of carbonyl (C=O) groups is 3. The van der Waals surface area contributed by atoms with Gasteiger partial charge in [0.25, 0.3) is 0 Å². The molecule has 0 saturated carbocycles. The third kappa shape index (κ3) is 7.98. The first-order valence-electron chi connectivity index (χ1n) is 5.64. The standard InChI is InChI=1S/C11H20N2O6/c1-11(2,3)19-10(17)12-5-8(15)13-7(6-14)9(16)18-4/h7,14H,5-6H2,1-4H3,(H,12,17)(H,13,15)/t7-/m0/s1. The molecule has 0 bridgehead atoms. The molecule has 0 radical (unpaired) electrons. The topological polar surface area (TPSA) is 114 Å². The Balaban J connectivity index is 4.11. The predicted molar refractivity (Wildman–Crippen MR) is 65.3 cm³/mol. The van der Waals surface area contributed by atoms with Crippen molar-refractivity contribution >= 4 is 18.0 Å². The highest BCUT2D eigenvalue weighted by Crippen LogP contribution is 2.05. The van der Waals surface area contributed by atoms with E-state index in [0.717, 1.165) is 7.11 Å². The van der Waals surface area contributed by atoms with E-state index in [2.05, 4.69) is 15.4 Å². The van der Waals surface area contributed by atoms with Crippen molar-refractivity contribution in [3.05, 3.63) is 0 Å². The van der Waals surface area contributed by atoms with Crippen molar-refractivity contribution in [3.8, 4) is 0 Å². The number of amides is 2. The Morgan fingerprint density at radius 3 is 2.26 bits per heavy atom. The average Bonchev–Trinajstić information content (AvgIpc) is 2.30. The molecule has 0 aromatic rings. The summed E-state index contributed by atoms with van der Waals surface area (Å²) in [7, 11) is 1.14. The third-order valence-corrected chi connectivity index (χ3v) is 1.80. The summed E-state index contributed by atoms with van der Waals surface area (Å²) in [6, 6.07) is -1.15. The minimum Gasteiger partial charge on any atom is -0.467 e. The van der Waals surface area contributed by atoms with Crippen LogP contribution in [0.3, 0.4) is 0 Å². The highest BCUT2D eigenvalue weighted by molar-refractivity contribution is 5.87. The van der Waals surface area contributed by atoms with Crippen LogP contribution in [-0.2, 0) is 19.1 Å². The van der Waals surface area contributed by atoms with Gasteiger partial charge in [-0.25, -0.2) is 9.59 Å². The van der Waals surface area contributed by atoms with Gasteiger partial charge in [0.2, 0.25) is 5.91 Å². The maximum Gasteiger partial charge on any atom is 0.408 e. The van der Waals surface area contributed by atoms with E-state index < -0.39 is 36.2 Å². The van der Waals surface area contributed by atoms with E-state index in [4.69, 9.17) is 9.84 Å². The van der Waals surface area contributed by atoms with Crippen LogP contribution in [0, 0.1) is 0 Å². The van der Waals surface area contributed by atoms with E-state index >= 15 is 0 Å². The Kier molecular flexibility index (Phi) is 6.84. The smallest absolute Gasteiger partial charge is 0.408 e. The lowest BCUT2D eigenvalue weighted by Crippen LogP contribution is -2.48. The number of alkyl carbamates (subject to hydrolysis) is 1. The Morgan fingerprint density at radius 2 is 1.84 bits per heavy atom. The maximum absolute atomic E-state index is 11.4. The molecular weight excluding hydrogens is 256 g/mol. The lowest BCUT2D eigenvalue weighted by atomic mass is 10.2. The van der Waals surface area contributed by atoms with Crippen LogP contribution in [0.25, 0.3) is 0 Å². The van der Waals surface area contributed by atoms with Crippen molar-refractivity contribution in [3.63, 3.8) is 0 Å². The van der Waals surface area contributed by atoms with Crippen molar-refractivity contribution in [2.24, 2.45) is 0 Å². The minimum absolute atomic E-state index is 0.373. The zero-order valence-corrected chi connectivity index (χ0v) is 11.5. The zero-order valence-electron chi connectivity index (χ0n) is 11.5. The van der Waals surface area contributed by atoms with Crippen LogP contribution in [-0.4, -0.2) is 55.0 Å². The number of hydrogen-bond donors (Lipinski definition) is 3. The molecule has 0 unspecified atom stereocenters. The Morgan fingerprint density at radius 1 is 1.26 bits per heavy atom. The number of methoxy groups -OCH3 is 1.